The molecule has 0 saturated heterocycles. The summed E-state index contributed by atoms with van der Waals surface area (Å²) in [4.78, 5) is 21.8. The van der Waals surface area contributed by atoms with Gasteiger partial charge in [-0.25, -0.2) is 0 Å². The summed E-state index contributed by atoms with van der Waals surface area (Å²) >= 11 is 6.55. The summed E-state index contributed by atoms with van der Waals surface area (Å²) in [5.41, 5.74) is -0.933. The molecule has 1 aromatic heterocycles. The summed E-state index contributed by atoms with van der Waals surface area (Å²) in [5.74, 6) is 0.293. The molecule has 0 spiro atoms. The largest absolute Gasteiger partial charge is 0.347 e. The predicted molar refractivity (Wildman–Crippen MR) is 81.8 cm³/mol. The summed E-state index contributed by atoms with van der Waals surface area (Å²) < 4.78 is 1.91. The van der Waals surface area contributed by atoms with Gasteiger partial charge >= 0.3 is 5.69 Å². The quantitative estimate of drug-likeness (QED) is 0.444. The third-order valence-corrected chi connectivity index (χ3v) is 4.40. The van der Waals surface area contributed by atoms with Gasteiger partial charge in [-0.05, 0) is 27.3 Å². The molecule has 0 aliphatic rings. The maximum Gasteiger partial charge on any atom is 0.333 e. The van der Waals surface area contributed by atoms with Gasteiger partial charge < -0.3 is 4.57 Å². The Balaban J connectivity index is 3.16. The fourth-order valence-corrected chi connectivity index (χ4v) is 3.27. The lowest BCUT2D eigenvalue weighted by Crippen LogP contribution is -2.27. The molecule has 0 fully saturated rings. The van der Waals surface area contributed by atoms with Crippen LogP contribution >= 0.6 is 31.9 Å². The van der Waals surface area contributed by atoms with Crippen LogP contribution in [-0.4, -0.2) is 14.8 Å². The Morgan fingerprint density at radius 2 is 2.00 bits per heavy atom. The van der Waals surface area contributed by atoms with Gasteiger partial charge in [-0.2, -0.15) is 0 Å². The van der Waals surface area contributed by atoms with Crippen molar-refractivity contribution >= 4 is 37.5 Å². The van der Waals surface area contributed by atoms with E-state index >= 15 is 0 Å². The van der Waals surface area contributed by atoms with Gasteiger partial charge in [-0.3, -0.25) is 14.9 Å². The van der Waals surface area contributed by atoms with Crippen molar-refractivity contribution in [2.75, 3.05) is 5.33 Å². The van der Waals surface area contributed by atoms with Crippen molar-refractivity contribution in [3.8, 4) is 0 Å². The van der Waals surface area contributed by atoms with E-state index in [1.165, 1.54) is 6.20 Å². The second-order valence-electron chi connectivity index (χ2n) is 5.49. The number of nitrogens with zero attached hydrogens (tertiary/aromatic N) is 2. The van der Waals surface area contributed by atoms with Crippen molar-refractivity contribution in [3.05, 3.63) is 37.2 Å². The fourth-order valence-electron chi connectivity index (χ4n) is 1.62. The van der Waals surface area contributed by atoms with Crippen molar-refractivity contribution in [1.82, 2.24) is 4.57 Å². The third-order valence-electron chi connectivity index (χ3n) is 3.06. The van der Waals surface area contributed by atoms with E-state index in [1.807, 2.05) is 0 Å². The number of hydrogen-bond donors (Lipinski definition) is 0. The second-order valence-corrected chi connectivity index (χ2v) is 6.99. The van der Waals surface area contributed by atoms with Gasteiger partial charge in [0.25, 0.3) is 5.43 Å². The molecule has 0 aliphatic carbocycles. The number of aromatic nitrogens is 1. The Bertz CT molecular complexity index is 535. The number of alkyl halides is 1. The fraction of sp³-hybridized carbons (Fsp3) is 0.583. The lowest BCUT2D eigenvalue weighted by molar-refractivity contribution is -0.386. The normalized spacial score (nSPS) is 13.3. The Morgan fingerprint density at radius 1 is 1.42 bits per heavy atom. The predicted octanol–water partition coefficient (Wildman–Crippen LogP) is 3.58. The van der Waals surface area contributed by atoms with E-state index in [0.717, 1.165) is 5.33 Å². The lowest BCUT2D eigenvalue weighted by Gasteiger charge is -2.29. The average molecular weight is 396 g/mol. The maximum atomic E-state index is 11.6. The molecule has 0 N–H and O–H groups in total. The Kier molecular flexibility index (Phi) is 5.32. The molecule has 5 nitrogen and oxygen atoms in total. The third kappa shape index (κ3) is 4.14. The van der Waals surface area contributed by atoms with Gasteiger partial charge in [-0.1, -0.05) is 36.7 Å². The van der Waals surface area contributed by atoms with Gasteiger partial charge in [-0.15, -0.1) is 0 Å². The molecule has 1 heterocycles. The van der Waals surface area contributed by atoms with Gasteiger partial charge in [0.05, 0.1) is 15.6 Å². The molecule has 0 saturated carbocycles. The maximum absolute atomic E-state index is 11.6. The van der Waals surface area contributed by atoms with Crippen molar-refractivity contribution in [1.29, 1.82) is 0 Å². The van der Waals surface area contributed by atoms with Crippen LogP contribution in [0, 0.1) is 21.4 Å². The Labute approximate surface area is 128 Å². The minimum atomic E-state index is -0.649. The minimum absolute atomic E-state index is 0.0634. The summed E-state index contributed by atoms with van der Waals surface area (Å²) in [7, 11) is 0. The molecule has 1 rings (SSSR count). The standard InChI is InChI=1S/C12H16Br2N2O3/c1-12(2,3)8(4-13)5-15-6-9(14)11(17)10(7-15)16(18)19/h6-8H,4-5H2,1-3H3. The highest BCUT2D eigenvalue weighted by Crippen LogP contribution is 2.29. The van der Waals surface area contributed by atoms with E-state index in [4.69, 9.17) is 0 Å². The molecule has 0 aliphatic heterocycles. The van der Waals surface area contributed by atoms with E-state index in [2.05, 4.69) is 52.6 Å². The van der Waals surface area contributed by atoms with Crippen LogP contribution in [0.1, 0.15) is 20.8 Å². The molecule has 1 unspecified atom stereocenters. The monoisotopic (exact) mass is 394 g/mol. The van der Waals surface area contributed by atoms with Crippen LogP contribution in [0.25, 0.3) is 0 Å². The van der Waals surface area contributed by atoms with E-state index in [9.17, 15) is 14.9 Å². The van der Waals surface area contributed by atoms with Gasteiger partial charge in [0.15, 0.2) is 0 Å². The van der Waals surface area contributed by atoms with Crippen LogP contribution in [-0.2, 0) is 6.54 Å². The Morgan fingerprint density at radius 3 is 2.42 bits per heavy atom. The first kappa shape index (κ1) is 16.4. The van der Waals surface area contributed by atoms with Crippen molar-refractivity contribution in [2.45, 2.75) is 27.3 Å². The highest BCUT2D eigenvalue weighted by Gasteiger charge is 2.25. The van der Waals surface area contributed by atoms with Crippen molar-refractivity contribution < 1.29 is 4.92 Å². The molecule has 0 amide bonds. The molecular weight excluding hydrogens is 380 g/mol. The molecule has 0 bridgehead atoms. The van der Waals surface area contributed by atoms with Gasteiger partial charge in [0, 0.05) is 18.1 Å². The van der Waals surface area contributed by atoms with Gasteiger partial charge in [0.2, 0.25) is 0 Å². The topological polar surface area (TPSA) is 65.1 Å². The van der Waals surface area contributed by atoms with Crippen molar-refractivity contribution in [3.63, 3.8) is 0 Å². The average Bonchev–Trinajstić information content (AvgIpc) is 2.28. The molecule has 19 heavy (non-hydrogen) atoms. The highest BCUT2D eigenvalue weighted by molar-refractivity contribution is 9.10. The smallest absolute Gasteiger partial charge is 0.333 e. The minimum Gasteiger partial charge on any atom is -0.347 e. The highest BCUT2D eigenvalue weighted by atomic mass is 79.9. The first-order chi connectivity index (χ1) is 8.66. The number of hydrogen-bond acceptors (Lipinski definition) is 3. The second kappa shape index (κ2) is 6.17. The summed E-state index contributed by atoms with van der Waals surface area (Å²) in [6.07, 6.45) is 2.89. The molecular formula is C12H16Br2N2O3. The number of pyridine rings is 1. The van der Waals surface area contributed by atoms with Crippen LogP contribution in [0.2, 0.25) is 0 Å². The summed E-state index contributed by atoms with van der Waals surface area (Å²) in [6.45, 7) is 6.95. The number of halogens is 2. The molecule has 7 heteroatoms. The van der Waals surface area contributed by atoms with E-state index < -0.39 is 16.0 Å². The van der Waals surface area contributed by atoms with Crippen LogP contribution in [0.15, 0.2) is 21.7 Å². The molecule has 106 valence electrons. The van der Waals surface area contributed by atoms with E-state index in [1.54, 1.807) is 10.8 Å². The zero-order valence-electron chi connectivity index (χ0n) is 11.0. The molecule has 1 aromatic rings. The molecule has 0 aromatic carbocycles. The van der Waals surface area contributed by atoms with Crippen LogP contribution in [0.5, 0.6) is 0 Å². The van der Waals surface area contributed by atoms with Crippen molar-refractivity contribution in [2.24, 2.45) is 11.3 Å². The molecule has 0 radical (unpaired) electrons. The van der Waals surface area contributed by atoms with Crippen LogP contribution in [0.4, 0.5) is 5.69 Å². The summed E-state index contributed by atoms with van der Waals surface area (Å²) in [6, 6.07) is 0. The Hall–Kier alpha value is -0.690. The zero-order valence-corrected chi connectivity index (χ0v) is 14.2. The van der Waals surface area contributed by atoms with Crippen LogP contribution in [0.3, 0.4) is 0 Å². The zero-order chi connectivity index (χ0) is 14.8. The van der Waals surface area contributed by atoms with Crippen LogP contribution < -0.4 is 5.43 Å². The van der Waals surface area contributed by atoms with E-state index in [0.29, 0.717) is 12.5 Å². The molecule has 1 atom stereocenters. The van der Waals surface area contributed by atoms with E-state index in [-0.39, 0.29) is 9.89 Å². The number of nitro groups is 1. The first-order valence-electron chi connectivity index (χ1n) is 5.76. The SMILES string of the molecule is CC(C)(C)C(CBr)Cn1cc(Br)c(=O)c([N+](=O)[O-])c1. The lowest BCUT2D eigenvalue weighted by atomic mass is 9.82. The van der Waals surface area contributed by atoms with Gasteiger partial charge in [0.1, 0.15) is 0 Å². The summed E-state index contributed by atoms with van der Waals surface area (Å²) in [5, 5.41) is 11.6. The number of rotatable bonds is 4. The first-order valence-corrected chi connectivity index (χ1v) is 7.68.